The van der Waals surface area contributed by atoms with Crippen LogP contribution in [0.15, 0.2) is 16.7 Å². The number of rotatable bonds is 3. The monoisotopic (exact) mass is 180 g/mol. The van der Waals surface area contributed by atoms with Gasteiger partial charge in [-0.2, -0.15) is 0 Å². The Bertz CT molecular complexity index is 278. The predicted octanol–water partition coefficient (Wildman–Crippen LogP) is 0.992. The summed E-state index contributed by atoms with van der Waals surface area (Å²) in [6, 6.07) is 2.76. The number of likely N-dealkylation sites (N-methyl/N-ethyl adjacent to an activating group) is 1. The molecule has 0 atom stereocenters. The third-order valence-corrected chi connectivity index (χ3v) is 2.77. The summed E-state index contributed by atoms with van der Waals surface area (Å²) in [4.78, 5) is 2.37. The van der Waals surface area contributed by atoms with E-state index in [1.54, 1.807) is 6.26 Å². The summed E-state index contributed by atoms with van der Waals surface area (Å²) in [6.07, 6.45) is 1.76. The van der Waals surface area contributed by atoms with Crippen molar-refractivity contribution in [1.82, 2.24) is 10.2 Å². The molecule has 2 heterocycles. The highest BCUT2D eigenvalue weighted by Gasteiger charge is 2.21. The lowest BCUT2D eigenvalue weighted by molar-refractivity contribution is 0.172. The fourth-order valence-corrected chi connectivity index (χ4v) is 1.56. The molecule has 1 aromatic rings. The normalized spacial score (nSPS) is 17.8. The molecule has 1 saturated heterocycles. The van der Waals surface area contributed by atoms with Crippen LogP contribution < -0.4 is 5.32 Å². The maximum absolute atomic E-state index is 5.25. The first-order valence-corrected chi connectivity index (χ1v) is 4.71. The molecule has 0 bridgehead atoms. The van der Waals surface area contributed by atoms with Gasteiger partial charge in [0.25, 0.3) is 0 Å². The van der Waals surface area contributed by atoms with Gasteiger partial charge in [-0.3, -0.25) is 4.90 Å². The number of hydrogen-bond acceptors (Lipinski definition) is 3. The van der Waals surface area contributed by atoms with E-state index >= 15 is 0 Å². The molecule has 3 nitrogen and oxygen atoms in total. The summed E-state index contributed by atoms with van der Waals surface area (Å²) >= 11 is 0. The van der Waals surface area contributed by atoms with E-state index in [-0.39, 0.29) is 0 Å². The molecule has 72 valence electrons. The van der Waals surface area contributed by atoms with E-state index in [0.29, 0.717) is 6.04 Å². The van der Waals surface area contributed by atoms with Crippen LogP contribution in [0.2, 0.25) is 0 Å². The van der Waals surface area contributed by atoms with Crippen molar-refractivity contribution in [2.45, 2.75) is 19.5 Å². The van der Waals surface area contributed by atoms with Crippen LogP contribution in [0.4, 0.5) is 0 Å². The Morgan fingerprint density at radius 3 is 2.85 bits per heavy atom. The number of aryl methyl sites for hydroxylation is 1. The number of nitrogens with zero attached hydrogens (tertiary/aromatic N) is 1. The molecule has 0 saturated carbocycles. The van der Waals surface area contributed by atoms with E-state index in [1.165, 1.54) is 5.56 Å². The molecule has 1 N–H and O–H groups in total. The van der Waals surface area contributed by atoms with Crippen molar-refractivity contribution in [3.05, 3.63) is 23.7 Å². The summed E-state index contributed by atoms with van der Waals surface area (Å²) < 4.78 is 5.25. The second-order valence-corrected chi connectivity index (χ2v) is 3.73. The molecule has 3 heteroatoms. The molecule has 1 aliphatic heterocycles. The molecule has 0 aromatic carbocycles. The summed E-state index contributed by atoms with van der Waals surface area (Å²) in [5.74, 6) is 1.04. The molecule has 0 radical (unpaired) electrons. The lowest BCUT2D eigenvalue weighted by Gasteiger charge is -2.35. The van der Waals surface area contributed by atoms with Crippen LogP contribution >= 0.6 is 0 Å². The molecule has 1 fully saturated rings. The van der Waals surface area contributed by atoms with Crippen molar-refractivity contribution in [1.29, 1.82) is 0 Å². The van der Waals surface area contributed by atoms with Crippen molar-refractivity contribution in [2.24, 2.45) is 0 Å². The van der Waals surface area contributed by atoms with Crippen LogP contribution in [0.25, 0.3) is 0 Å². The topological polar surface area (TPSA) is 28.4 Å². The minimum Gasteiger partial charge on any atom is -0.469 e. The van der Waals surface area contributed by atoms with Crippen LogP contribution in [0.1, 0.15) is 11.3 Å². The molecule has 0 unspecified atom stereocenters. The molecule has 13 heavy (non-hydrogen) atoms. The van der Waals surface area contributed by atoms with Crippen LogP contribution in [0.5, 0.6) is 0 Å². The SMILES string of the molecule is Cc1occc1CN(C)C1CNC1. The Kier molecular flexibility index (Phi) is 2.38. The number of hydrogen-bond donors (Lipinski definition) is 1. The van der Waals surface area contributed by atoms with E-state index in [0.717, 1.165) is 25.4 Å². The average Bonchev–Trinajstić information content (AvgIpc) is 2.32. The van der Waals surface area contributed by atoms with Crippen LogP contribution in [0.3, 0.4) is 0 Å². The van der Waals surface area contributed by atoms with Gasteiger partial charge < -0.3 is 9.73 Å². The van der Waals surface area contributed by atoms with Crippen molar-refractivity contribution < 1.29 is 4.42 Å². The van der Waals surface area contributed by atoms with Gasteiger partial charge in [0.2, 0.25) is 0 Å². The summed E-state index contributed by atoms with van der Waals surface area (Å²) in [5, 5.41) is 3.27. The zero-order chi connectivity index (χ0) is 9.26. The third-order valence-electron chi connectivity index (χ3n) is 2.77. The number of nitrogens with one attached hydrogen (secondary N) is 1. The van der Waals surface area contributed by atoms with Crippen LogP contribution in [-0.2, 0) is 6.54 Å². The van der Waals surface area contributed by atoms with Crippen molar-refractivity contribution in [3.63, 3.8) is 0 Å². The van der Waals surface area contributed by atoms with Gasteiger partial charge in [0.1, 0.15) is 5.76 Å². The second kappa shape index (κ2) is 3.52. The highest BCUT2D eigenvalue weighted by atomic mass is 16.3. The molecule has 1 aliphatic rings. The molecular formula is C10H16N2O. The fraction of sp³-hybridized carbons (Fsp3) is 0.600. The molecule has 0 amide bonds. The Labute approximate surface area is 78.7 Å². The van der Waals surface area contributed by atoms with Gasteiger partial charge in [-0.15, -0.1) is 0 Å². The van der Waals surface area contributed by atoms with Gasteiger partial charge in [0.05, 0.1) is 6.26 Å². The molecule has 0 spiro atoms. The van der Waals surface area contributed by atoms with Gasteiger partial charge >= 0.3 is 0 Å². The number of furan rings is 1. The van der Waals surface area contributed by atoms with Crippen molar-refractivity contribution in [2.75, 3.05) is 20.1 Å². The largest absolute Gasteiger partial charge is 0.469 e. The summed E-state index contributed by atoms with van der Waals surface area (Å²) in [6.45, 7) is 5.25. The predicted molar refractivity (Wildman–Crippen MR) is 51.6 cm³/mol. The molecule has 2 rings (SSSR count). The standard InChI is InChI=1S/C10H16N2O/c1-8-9(3-4-13-8)7-12(2)10-5-11-6-10/h3-4,10-11H,5-7H2,1-2H3. The van der Waals surface area contributed by atoms with Crippen LogP contribution in [-0.4, -0.2) is 31.1 Å². The molecular weight excluding hydrogens is 164 g/mol. The zero-order valence-electron chi connectivity index (χ0n) is 8.21. The van der Waals surface area contributed by atoms with Crippen LogP contribution in [0, 0.1) is 6.92 Å². The van der Waals surface area contributed by atoms with E-state index in [2.05, 4.69) is 23.3 Å². The minimum atomic E-state index is 0.703. The van der Waals surface area contributed by atoms with Gasteiger partial charge in [0, 0.05) is 31.2 Å². The average molecular weight is 180 g/mol. The van der Waals surface area contributed by atoms with Gasteiger partial charge in [0.15, 0.2) is 0 Å². The first-order valence-electron chi connectivity index (χ1n) is 4.71. The highest BCUT2D eigenvalue weighted by molar-refractivity contribution is 5.15. The smallest absolute Gasteiger partial charge is 0.105 e. The Balaban J connectivity index is 1.93. The van der Waals surface area contributed by atoms with E-state index in [9.17, 15) is 0 Å². The molecule has 0 aliphatic carbocycles. The first-order chi connectivity index (χ1) is 6.27. The first kappa shape index (κ1) is 8.78. The zero-order valence-corrected chi connectivity index (χ0v) is 8.21. The second-order valence-electron chi connectivity index (χ2n) is 3.73. The Morgan fingerprint density at radius 1 is 1.62 bits per heavy atom. The maximum Gasteiger partial charge on any atom is 0.105 e. The van der Waals surface area contributed by atoms with Crippen molar-refractivity contribution in [3.8, 4) is 0 Å². The lowest BCUT2D eigenvalue weighted by atomic mass is 10.1. The lowest BCUT2D eigenvalue weighted by Crippen LogP contribution is -2.55. The summed E-state index contributed by atoms with van der Waals surface area (Å²) in [7, 11) is 2.16. The van der Waals surface area contributed by atoms with Gasteiger partial charge in [-0.1, -0.05) is 0 Å². The minimum absolute atomic E-state index is 0.703. The van der Waals surface area contributed by atoms with Crippen molar-refractivity contribution >= 4 is 0 Å². The van der Waals surface area contributed by atoms with E-state index in [1.807, 2.05) is 6.92 Å². The van der Waals surface area contributed by atoms with E-state index < -0.39 is 0 Å². The fourth-order valence-electron chi connectivity index (χ4n) is 1.56. The third kappa shape index (κ3) is 1.76. The quantitative estimate of drug-likeness (QED) is 0.752. The van der Waals surface area contributed by atoms with Gasteiger partial charge in [-0.05, 0) is 20.0 Å². The van der Waals surface area contributed by atoms with Gasteiger partial charge in [-0.25, -0.2) is 0 Å². The van der Waals surface area contributed by atoms with E-state index in [4.69, 9.17) is 4.42 Å². The Morgan fingerprint density at radius 2 is 2.38 bits per heavy atom. The maximum atomic E-state index is 5.25. The highest BCUT2D eigenvalue weighted by Crippen LogP contribution is 2.13. The summed E-state index contributed by atoms with van der Waals surface area (Å²) in [5.41, 5.74) is 1.30. The Hall–Kier alpha value is -0.800. The molecule has 1 aromatic heterocycles.